The summed E-state index contributed by atoms with van der Waals surface area (Å²) in [5.41, 5.74) is 5.13. The molecule has 138 valence electrons. The molecule has 0 unspecified atom stereocenters. The van der Waals surface area contributed by atoms with Gasteiger partial charge in [0.25, 0.3) is 0 Å². The second-order valence-electron chi connectivity index (χ2n) is 6.80. The summed E-state index contributed by atoms with van der Waals surface area (Å²) < 4.78 is 5.95. The van der Waals surface area contributed by atoms with Gasteiger partial charge in [-0.1, -0.05) is 42.0 Å². The Balaban J connectivity index is 1.95. The zero-order valence-electron chi connectivity index (χ0n) is 15.6. The fraction of sp³-hybridized carbons (Fsp3) is 0.273. The van der Waals surface area contributed by atoms with E-state index in [2.05, 4.69) is 19.1 Å². The molecule has 0 bridgehead atoms. The van der Waals surface area contributed by atoms with E-state index in [1.807, 2.05) is 48.3 Å². The normalized spacial score (nSPS) is 12.6. The molecule has 1 aromatic heterocycles. The van der Waals surface area contributed by atoms with Crippen LogP contribution < -0.4 is 9.64 Å². The lowest BCUT2D eigenvalue weighted by molar-refractivity contribution is 0.303. The van der Waals surface area contributed by atoms with Gasteiger partial charge in [-0.15, -0.1) is 0 Å². The van der Waals surface area contributed by atoms with E-state index in [1.165, 1.54) is 5.56 Å². The molecule has 0 saturated heterocycles. The highest BCUT2D eigenvalue weighted by Gasteiger charge is 2.23. The molecule has 4 rings (SSSR count). The highest BCUT2D eigenvalue weighted by molar-refractivity contribution is 5.77. The predicted octanol–water partition coefficient (Wildman–Crippen LogP) is 3.48. The Kier molecular flexibility index (Phi) is 4.77. The van der Waals surface area contributed by atoms with Crippen molar-refractivity contribution < 1.29 is 9.84 Å². The summed E-state index contributed by atoms with van der Waals surface area (Å²) >= 11 is 0. The number of para-hydroxylation sites is 1. The van der Waals surface area contributed by atoms with Gasteiger partial charge in [-0.05, 0) is 19.1 Å². The van der Waals surface area contributed by atoms with Crippen molar-refractivity contribution >= 4 is 5.82 Å². The van der Waals surface area contributed by atoms with E-state index in [-0.39, 0.29) is 6.61 Å². The third-order valence-corrected chi connectivity index (χ3v) is 4.84. The number of aryl methyl sites for hydroxylation is 1. The van der Waals surface area contributed by atoms with Crippen LogP contribution in [0.15, 0.2) is 48.5 Å². The number of ether oxygens (including phenoxy) is 1. The van der Waals surface area contributed by atoms with Crippen LogP contribution in [-0.4, -0.2) is 41.9 Å². The molecule has 0 saturated carbocycles. The number of rotatable bonds is 4. The van der Waals surface area contributed by atoms with Gasteiger partial charge < -0.3 is 14.7 Å². The number of hydrogen-bond donors (Lipinski definition) is 1. The summed E-state index contributed by atoms with van der Waals surface area (Å²) in [6.45, 7) is 3.23. The Morgan fingerprint density at radius 2 is 1.85 bits per heavy atom. The van der Waals surface area contributed by atoms with Crippen LogP contribution in [0, 0.1) is 6.92 Å². The molecular weight excluding hydrogens is 338 g/mol. The highest BCUT2D eigenvalue weighted by atomic mass is 16.5. The third kappa shape index (κ3) is 3.38. The van der Waals surface area contributed by atoms with Crippen molar-refractivity contribution in [3.05, 3.63) is 59.7 Å². The van der Waals surface area contributed by atoms with E-state index in [9.17, 15) is 5.11 Å². The molecule has 5 heteroatoms. The van der Waals surface area contributed by atoms with Gasteiger partial charge in [-0.25, -0.2) is 9.97 Å². The quantitative estimate of drug-likeness (QED) is 0.771. The molecule has 5 nitrogen and oxygen atoms in total. The number of nitrogens with zero attached hydrogens (tertiary/aromatic N) is 3. The second-order valence-corrected chi connectivity index (χ2v) is 6.80. The molecular formula is C22H23N3O2. The van der Waals surface area contributed by atoms with E-state index < -0.39 is 0 Å². The minimum Gasteiger partial charge on any atom is -0.493 e. The second kappa shape index (κ2) is 7.37. The van der Waals surface area contributed by atoms with Crippen LogP contribution in [0.1, 0.15) is 11.1 Å². The Morgan fingerprint density at radius 1 is 1.07 bits per heavy atom. The number of fused-ring (bicyclic) bond motifs is 3. The van der Waals surface area contributed by atoms with Crippen molar-refractivity contribution in [3.8, 4) is 28.4 Å². The standard InChI is InChI=1S/C22H23N3O2/c1-15-7-9-16(10-8-15)21-23-20-17-5-3-4-6-19(17)27-14-11-18(20)22(24-21)25(2)12-13-26/h3-10,26H,11-14H2,1-2H3. The first-order valence-electron chi connectivity index (χ1n) is 9.19. The van der Waals surface area contributed by atoms with Gasteiger partial charge in [0.15, 0.2) is 5.82 Å². The molecule has 3 aromatic rings. The Bertz CT molecular complexity index is 954. The van der Waals surface area contributed by atoms with Crippen molar-refractivity contribution in [1.29, 1.82) is 0 Å². The van der Waals surface area contributed by atoms with E-state index in [0.717, 1.165) is 40.4 Å². The highest BCUT2D eigenvalue weighted by Crippen LogP contribution is 2.38. The Hall–Kier alpha value is -2.92. The van der Waals surface area contributed by atoms with Crippen LogP contribution in [0.3, 0.4) is 0 Å². The van der Waals surface area contributed by atoms with E-state index in [1.54, 1.807) is 0 Å². The van der Waals surface area contributed by atoms with E-state index in [4.69, 9.17) is 14.7 Å². The van der Waals surface area contributed by atoms with E-state index in [0.29, 0.717) is 19.0 Å². The van der Waals surface area contributed by atoms with Crippen LogP contribution in [-0.2, 0) is 6.42 Å². The molecule has 27 heavy (non-hydrogen) atoms. The SMILES string of the molecule is Cc1ccc(-c2nc3c(c(N(C)CCO)n2)CCOc2ccccc2-3)cc1. The summed E-state index contributed by atoms with van der Waals surface area (Å²) in [7, 11) is 1.95. The summed E-state index contributed by atoms with van der Waals surface area (Å²) in [6, 6.07) is 16.2. The molecule has 0 amide bonds. The van der Waals surface area contributed by atoms with Gasteiger partial charge >= 0.3 is 0 Å². The maximum atomic E-state index is 9.42. The molecule has 2 heterocycles. The van der Waals surface area contributed by atoms with Crippen molar-refractivity contribution in [3.63, 3.8) is 0 Å². The van der Waals surface area contributed by atoms with E-state index >= 15 is 0 Å². The fourth-order valence-corrected chi connectivity index (χ4v) is 3.38. The van der Waals surface area contributed by atoms with Gasteiger partial charge in [0, 0.05) is 36.7 Å². The van der Waals surface area contributed by atoms with Gasteiger partial charge in [-0.3, -0.25) is 0 Å². The lowest BCUT2D eigenvalue weighted by atomic mass is 10.0. The third-order valence-electron chi connectivity index (χ3n) is 4.84. The van der Waals surface area contributed by atoms with Crippen LogP contribution in [0.4, 0.5) is 5.82 Å². The molecule has 1 aliphatic rings. The average Bonchev–Trinajstić information content (AvgIpc) is 2.87. The minimum absolute atomic E-state index is 0.0717. The number of likely N-dealkylation sites (N-methyl/N-ethyl adjacent to an activating group) is 1. The maximum absolute atomic E-state index is 9.42. The number of aliphatic hydroxyl groups excluding tert-OH is 1. The molecule has 1 aliphatic heterocycles. The first-order chi connectivity index (χ1) is 13.2. The molecule has 0 atom stereocenters. The average molecular weight is 361 g/mol. The molecule has 0 aliphatic carbocycles. The molecule has 0 radical (unpaired) electrons. The first-order valence-corrected chi connectivity index (χ1v) is 9.19. The van der Waals surface area contributed by atoms with Crippen LogP contribution in [0.25, 0.3) is 22.6 Å². The topological polar surface area (TPSA) is 58.5 Å². The molecule has 0 fully saturated rings. The van der Waals surface area contributed by atoms with Crippen molar-refractivity contribution in [1.82, 2.24) is 9.97 Å². The van der Waals surface area contributed by atoms with Crippen molar-refractivity contribution in [2.24, 2.45) is 0 Å². The van der Waals surface area contributed by atoms with Crippen LogP contribution >= 0.6 is 0 Å². The number of aromatic nitrogens is 2. The van der Waals surface area contributed by atoms with Gasteiger partial charge in [0.1, 0.15) is 11.6 Å². The smallest absolute Gasteiger partial charge is 0.162 e. The molecule has 1 N–H and O–H groups in total. The lowest BCUT2D eigenvalue weighted by Gasteiger charge is -2.22. The Morgan fingerprint density at radius 3 is 2.63 bits per heavy atom. The van der Waals surface area contributed by atoms with Crippen molar-refractivity contribution in [2.75, 3.05) is 31.7 Å². The minimum atomic E-state index is 0.0717. The fourth-order valence-electron chi connectivity index (χ4n) is 3.38. The first kappa shape index (κ1) is 17.5. The number of benzene rings is 2. The van der Waals surface area contributed by atoms with Crippen LogP contribution in [0.2, 0.25) is 0 Å². The van der Waals surface area contributed by atoms with Gasteiger partial charge in [-0.2, -0.15) is 0 Å². The summed E-state index contributed by atoms with van der Waals surface area (Å²) in [6.07, 6.45) is 0.725. The largest absolute Gasteiger partial charge is 0.493 e. The number of hydrogen-bond acceptors (Lipinski definition) is 5. The van der Waals surface area contributed by atoms with Crippen LogP contribution in [0.5, 0.6) is 5.75 Å². The zero-order chi connectivity index (χ0) is 18.8. The predicted molar refractivity (Wildman–Crippen MR) is 107 cm³/mol. The van der Waals surface area contributed by atoms with Gasteiger partial charge in [0.05, 0.1) is 18.9 Å². The maximum Gasteiger partial charge on any atom is 0.162 e. The monoisotopic (exact) mass is 361 g/mol. The zero-order valence-corrected chi connectivity index (χ0v) is 15.6. The Labute approximate surface area is 159 Å². The van der Waals surface area contributed by atoms with Gasteiger partial charge in [0.2, 0.25) is 0 Å². The number of anilines is 1. The number of aliphatic hydroxyl groups is 1. The summed E-state index contributed by atoms with van der Waals surface area (Å²) in [5, 5.41) is 9.42. The summed E-state index contributed by atoms with van der Waals surface area (Å²) in [5.74, 6) is 2.38. The van der Waals surface area contributed by atoms with Crippen molar-refractivity contribution in [2.45, 2.75) is 13.3 Å². The lowest BCUT2D eigenvalue weighted by Crippen LogP contribution is -2.24. The summed E-state index contributed by atoms with van der Waals surface area (Å²) in [4.78, 5) is 11.8. The molecule has 2 aromatic carbocycles. The molecule has 0 spiro atoms.